The molecular formula is C14H17Cl2NO3S. The van der Waals surface area contributed by atoms with E-state index in [1.165, 1.54) is 6.07 Å². The quantitative estimate of drug-likeness (QED) is 0.766. The Hall–Kier alpha value is -0.780. The van der Waals surface area contributed by atoms with Gasteiger partial charge in [-0.15, -0.1) is 0 Å². The molecule has 1 fully saturated rings. The first-order chi connectivity index (χ1) is 9.71. The Morgan fingerprint density at radius 1 is 1.33 bits per heavy atom. The van der Waals surface area contributed by atoms with Gasteiger partial charge in [0.15, 0.2) is 0 Å². The number of piperidine rings is 1. The maximum Gasteiger partial charge on any atom is 0.262 e. The Labute approximate surface area is 134 Å². The first-order valence-corrected chi connectivity index (χ1v) is 9.46. The molecule has 0 radical (unpaired) electrons. The minimum Gasteiger partial charge on any atom is -0.336 e. The van der Waals surface area contributed by atoms with Crippen molar-refractivity contribution in [1.29, 1.82) is 0 Å². The van der Waals surface area contributed by atoms with Gasteiger partial charge in [0, 0.05) is 28.8 Å². The van der Waals surface area contributed by atoms with E-state index >= 15 is 0 Å². The van der Waals surface area contributed by atoms with Crippen molar-refractivity contribution in [3.05, 3.63) is 28.3 Å². The Kier molecular flexibility index (Phi) is 4.85. The summed E-state index contributed by atoms with van der Waals surface area (Å²) in [6, 6.07) is 3.03. The minimum atomic E-state index is -3.99. The molecule has 0 aliphatic carbocycles. The number of carbonyl (C=O) groups excluding carboxylic acids is 1. The van der Waals surface area contributed by atoms with Crippen molar-refractivity contribution < 1.29 is 13.2 Å². The molecule has 0 aromatic heterocycles. The maximum atomic E-state index is 12.6. The summed E-state index contributed by atoms with van der Waals surface area (Å²) in [5.74, 6) is -0.177. The molecule has 4 nitrogen and oxygen atoms in total. The molecular weight excluding hydrogens is 333 g/mol. The van der Waals surface area contributed by atoms with Crippen molar-refractivity contribution in [3.63, 3.8) is 0 Å². The average molecular weight is 350 g/mol. The molecule has 7 heteroatoms. The highest BCUT2D eigenvalue weighted by Gasteiger charge is 2.26. The Bertz CT molecular complexity index is 673. The zero-order chi connectivity index (χ0) is 15.8. The topological polar surface area (TPSA) is 54.5 Å². The van der Waals surface area contributed by atoms with Crippen molar-refractivity contribution in [2.45, 2.75) is 44.0 Å². The highest BCUT2D eigenvalue weighted by atomic mass is 35.7. The van der Waals surface area contributed by atoms with Crippen LogP contribution in [0.1, 0.15) is 42.1 Å². The molecule has 1 atom stereocenters. The molecule has 1 aromatic carbocycles. The number of carbonyl (C=O) groups is 1. The second-order valence-electron chi connectivity index (χ2n) is 5.39. The summed E-state index contributed by atoms with van der Waals surface area (Å²) < 4.78 is 23.2. The van der Waals surface area contributed by atoms with Crippen molar-refractivity contribution in [1.82, 2.24) is 4.90 Å². The molecule has 1 saturated heterocycles. The van der Waals surface area contributed by atoms with Crippen molar-refractivity contribution in [2.24, 2.45) is 0 Å². The molecule has 1 unspecified atom stereocenters. The van der Waals surface area contributed by atoms with Gasteiger partial charge in [-0.05, 0) is 50.8 Å². The maximum absolute atomic E-state index is 12.6. The van der Waals surface area contributed by atoms with Crippen LogP contribution >= 0.6 is 22.3 Å². The number of likely N-dealkylation sites (tertiary alicyclic amines) is 1. The zero-order valence-corrected chi connectivity index (χ0v) is 14.2. The predicted molar refractivity (Wildman–Crippen MR) is 83.6 cm³/mol. The fraction of sp³-hybridized carbons (Fsp3) is 0.500. The molecule has 0 spiro atoms. The minimum absolute atomic E-state index is 0.0632. The third-order valence-corrected chi connectivity index (χ3v) is 5.75. The number of amides is 1. The first-order valence-electron chi connectivity index (χ1n) is 6.77. The van der Waals surface area contributed by atoms with Gasteiger partial charge in [0.05, 0.1) is 5.02 Å². The normalized spacial score (nSPS) is 19.6. The molecule has 21 heavy (non-hydrogen) atoms. The van der Waals surface area contributed by atoms with Crippen LogP contribution in [-0.4, -0.2) is 31.8 Å². The number of aryl methyl sites for hydroxylation is 1. The smallest absolute Gasteiger partial charge is 0.262 e. The number of halogens is 2. The van der Waals surface area contributed by atoms with Crippen LogP contribution in [0.3, 0.4) is 0 Å². The highest BCUT2D eigenvalue weighted by molar-refractivity contribution is 8.13. The third-order valence-electron chi connectivity index (χ3n) is 3.79. The molecule has 0 N–H and O–H groups in total. The van der Waals surface area contributed by atoms with E-state index in [2.05, 4.69) is 0 Å². The second kappa shape index (κ2) is 6.15. The zero-order valence-electron chi connectivity index (χ0n) is 11.9. The summed E-state index contributed by atoms with van der Waals surface area (Å²) in [5.41, 5.74) is 0.830. The van der Waals surface area contributed by atoms with Gasteiger partial charge >= 0.3 is 0 Å². The molecule has 2 rings (SSSR count). The molecule has 0 bridgehead atoms. The number of hydrogen-bond donors (Lipinski definition) is 0. The predicted octanol–water partition coefficient (Wildman–Crippen LogP) is 3.59. The lowest BCUT2D eigenvalue weighted by atomic mass is 10.0. The van der Waals surface area contributed by atoms with E-state index in [1.807, 2.05) is 6.92 Å². The Morgan fingerprint density at radius 3 is 2.57 bits per heavy atom. The lowest BCUT2D eigenvalue weighted by molar-refractivity contribution is 0.0635. The summed E-state index contributed by atoms with van der Waals surface area (Å²) in [6.45, 7) is 4.34. The molecule has 0 saturated carbocycles. The van der Waals surface area contributed by atoms with E-state index in [0.29, 0.717) is 17.7 Å². The van der Waals surface area contributed by atoms with E-state index in [4.69, 9.17) is 22.3 Å². The number of nitrogens with zero attached hydrogens (tertiary/aromatic N) is 1. The molecule has 1 amide bonds. The van der Waals surface area contributed by atoms with Crippen molar-refractivity contribution in [2.75, 3.05) is 6.54 Å². The van der Waals surface area contributed by atoms with Crippen LogP contribution in [0, 0.1) is 6.92 Å². The molecule has 116 valence electrons. The third kappa shape index (κ3) is 3.52. The van der Waals surface area contributed by atoms with Gasteiger partial charge < -0.3 is 4.90 Å². The van der Waals surface area contributed by atoms with Crippen LogP contribution in [-0.2, 0) is 9.05 Å². The number of hydrogen-bond acceptors (Lipinski definition) is 3. The molecule has 1 aliphatic heterocycles. The summed E-state index contributed by atoms with van der Waals surface area (Å²) >= 11 is 5.98. The average Bonchev–Trinajstić information content (AvgIpc) is 2.40. The van der Waals surface area contributed by atoms with Gasteiger partial charge in [0.2, 0.25) is 0 Å². The molecule has 1 heterocycles. The van der Waals surface area contributed by atoms with E-state index in [9.17, 15) is 13.2 Å². The van der Waals surface area contributed by atoms with Crippen LogP contribution in [0.5, 0.6) is 0 Å². The van der Waals surface area contributed by atoms with Crippen LogP contribution in [0.4, 0.5) is 0 Å². The summed E-state index contributed by atoms with van der Waals surface area (Å²) in [6.07, 6.45) is 3.02. The van der Waals surface area contributed by atoms with Crippen LogP contribution in [0.15, 0.2) is 17.0 Å². The van der Waals surface area contributed by atoms with Gasteiger partial charge in [-0.3, -0.25) is 4.79 Å². The van der Waals surface area contributed by atoms with Gasteiger partial charge in [-0.1, -0.05) is 11.6 Å². The fourth-order valence-corrected chi connectivity index (χ4v) is 4.14. The van der Waals surface area contributed by atoms with Gasteiger partial charge in [0.1, 0.15) is 4.90 Å². The number of benzene rings is 1. The van der Waals surface area contributed by atoms with Crippen LogP contribution in [0.25, 0.3) is 0 Å². The van der Waals surface area contributed by atoms with E-state index < -0.39 is 9.05 Å². The van der Waals surface area contributed by atoms with E-state index in [-0.39, 0.29) is 21.9 Å². The summed E-state index contributed by atoms with van der Waals surface area (Å²) in [5, 5.41) is 0.0632. The van der Waals surface area contributed by atoms with Crippen molar-refractivity contribution >= 4 is 37.2 Å². The first kappa shape index (κ1) is 16.6. The van der Waals surface area contributed by atoms with Gasteiger partial charge in [-0.2, -0.15) is 0 Å². The van der Waals surface area contributed by atoms with Crippen LogP contribution in [0.2, 0.25) is 5.02 Å². The van der Waals surface area contributed by atoms with E-state index in [1.54, 1.807) is 17.9 Å². The van der Waals surface area contributed by atoms with Crippen LogP contribution < -0.4 is 0 Å². The lowest BCUT2D eigenvalue weighted by Crippen LogP contribution is -2.42. The highest BCUT2D eigenvalue weighted by Crippen LogP contribution is 2.30. The van der Waals surface area contributed by atoms with Gasteiger partial charge in [-0.25, -0.2) is 8.42 Å². The Balaban J connectivity index is 2.45. The monoisotopic (exact) mass is 349 g/mol. The Morgan fingerprint density at radius 2 is 2.00 bits per heavy atom. The largest absolute Gasteiger partial charge is 0.336 e. The fourth-order valence-electron chi connectivity index (χ4n) is 2.60. The van der Waals surface area contributed by atoms with Crippen molar-refractivity contribution in [3.8, 4) is 0 Å². The summed E-state index contributed by atoms with van der Waals surface area (Å²) in [4.78, 5) is 14.2. The lowest BCUT2D eigenvalue weighted by Gasteiger charge is -2.33. The van der Waals surface area contributed by atoms with E-state index in [0.717, 1.165) is 19.3 Å². The standard InChI is InChI=1S/C14H17Cl2NO3S/c1-9-7-11(8-12(13(9)15)21(16,19)20)14(18)17-6-4-3-5-10(17)2/h7-8,10H,3-6H2,1-2H3. The second-order valence-corrected chi connectivity index (χ2v) is 8.30. The SMILES string of the molecule is Cc1cc(C(=O)N2CCCCC2C)cc(S(=O)(=O)Cl)c1Cl. The molecule has 1 aromatic rings. The van der Waals surface area contributed by atoms with Gasteiger partial charge in [0.25, 0.3) is 15.0 Å². The number of rotatable bonds is 2. The molecule has 1 aliphatic rings. The summed E-state index contributed by atoms with van der Waals surface area (Å²) in [7, 11) is 1.40.